The standard InChI is InChI=1S/C17H38NO.C12H27N.2ClH/c1-5-7-8-9-10-11-12-13-14-15-16-18(3,4)17(19)6-2;1-2-3-4-5-6-7-8-9-10-11-12-13;;/h17,19H,5-16H2,1-4H3;2-13H2,1H3;2*1H/q+1;;;/p-1. The third-order valence-electron chi connectivity index (χ3n) is 6.86. The van der Waals surface area contributed by atoms with E-state index in [1.807, 2.05) is 0 Å². The predicted octanol–water partition coefficient (Wildman–Crippen LogP) is 1.87. The molecule has 0 aliphatic carbocycles. The Morgan fingerprint density at radius 2 is 0.824 bits per heavy atom. The molecule has 212 valence electrons. The maximum atomic E-state index is 9.90. The Balaban J connectivity index is -0.000000266. The minimum absolute atomic E-state index is 0. The largest absolute Gasteiger partial charge is 1.00 e. The molecule has 0 amide bonds. The number of aliphatic hydroxyl groups excluding tert-OH is 1. The van der Waals surface area contributed by atoms with Crippen LogP contribution >= 0.6 is 0 Å². The van der Waals surface area contributed by atoms with Crippen molar-refractivity contribution in [3.8, 4) is 0 Å². The van der Waals surface area contributed by atoms with E-state index in [1.54, 1.807) is 0 Å². The molecule has 0 spiro atoms. The first-order valence-electron chi connectivity index (χ1n) is 14.8. The van der Waals surface area contributed by atoms with E-state index in [0.717, 1.165) is 24.0 Å². The fourth-order valence-corrected chi connectivity index (χ4v) is 4.31. The summed E-state index contributed by atoms with van der Waals surface area (Å²) in [7, 11) is 4.28. The Kier molecular flexibility index (Phi) is 40.9. The number of hydrogen-bond acceptors (Lipinski definition) is 1. The van der Waals surface area contributed by atoms with Gasteiger partial charge < -0.3 is 40.1 Å². The second kappa shape index (κ2) is 33.5. The number of aliphatic hydroxyl groups is 1. The van der Waals surface area contributed by atoms with E-state index in [4.69, 9.17) is 0 Å². The van der Waals surface area contributed by atoms with Gasteiger partial charge in [0.2, 0.25) is 0 Å². The topological polar surface area (TPSA) is 47.9 Å². The van der Waals surface area contributed by atoms with Gasteiger partial charge in [0.15, 0.2) is 6.23 Å². The molecule has 1 atom stereocenters. The molecule has 34 heavy (non-hydrogen) atoms. The van der Waals surface area contributed by atoms with Gasteiger partial charge in [-0.25, -0.2) is 0 Å². The third kappa shape index (κ3) is 32.5. The fourth-order valence-electron chi connectivity index (χ4n) is 4.31. The van der Waals surface area contributed by atoms with E-state index in [2.05, 4.69) is 40.6 Å². The highest BCUT2D eigenvalue weighted by Gasteiger charge is 2.23. The summed E-state index contributed by atoms with van der Waals surface area (Å²) in [5, 5.41) is 9.90. The lowest BCUT2D eigenvalue weighted by atomic mass is 10.1. The normalized spacial score (nSPS) is 11.7. The van der Waals surface area contributed by atoms with E-state index in [1.165, 1.54) is 128 Å². The second-order valence-corrected chi connectivity index (χ2v) is 10.6. The number of nitrogens with zero attached hydrogens (tertiary/aromatic N) is 1. The zero-order valence-electron chi connectivity index (χ0n) is 24.2. The van der Waals surface area contributed by atoms with Crippen LogP contribution in [0, 0.1) is 0 Å². The molecule has 0 radical (unpaired) electrons. The van der Waals surface area contributed by atoms with Crippen LogP contribution in [0.1, 0.15) is 156 Å². The molecule has 0 aromatic heterocycles. The molecular weight excluding hydrogens is 463 g/mol. The summed E-state index contributed by atoms with van der Waals surface area (Å²) in [6.07, 6.45) is 28.7. The smallest absolute Gasteiger partial charge is 0.189 e. The molecule has 0 saturated carbocycles. The quantitative estimate of drug-likeness (QED) is 0.119. The van der Waals surface area contributed by atoms with Gasteiger partial charge in [-0.1, -0.05) is 124 Å². The van der Waals surface area contributed by atoms with Crippen LogP contribution in [-0.4, -0.2) is 43.0 Å². The van der Waals surface area contributed by atoms with Gasteiger partial charge in [-0.3, -0.25) is 0 Å². The summed E-state index contributed by atoms with van der Waals surface area (Å²) in [5.74, 6) is 0. The Hall–Kier alpha value is 0.460. The summed E-state index contributed by atoms with van der Waals surface area (Å²) in [4.78, 5) is 0. The van der Waals surface area contributed by atoms with Crippen molar-refractivity contribution in [2.75, 3.05) is 27.2 Å². The Labute approximate surface area is 228 Å². The van der Waals surface area contributed by atoms with Crippen LogP contribution in [0.15, 0.2) is 0 Å². The molecule has 4 N–H and O–H groups in total. The second-order valence-electron chi connectivity index (χ2n) is 10.6. The molecule has 3 nitrogen and oxygen atoms in total. The summed E-state index contributed by atoms with van der Waals surface area (Å²) in [5.41, 5.74) is 3.85. The van der Waals surface area contributed by atoms with Crippen molar-refractivity contribution in [3.63, 3.8) is 0 Å². The van der Waals surface area contributed by atoms with Crippen LogP contribution in [0.3, 0.4) is 0 Å². The monoisotopic (exact) mass is 528 g/mol. The lowest BCUT2D eigenvalue weighted by Gasteiger charge is -2.34. The highest BCUT2D eigenvalue weighted by atomic mass is 35.5. The first-order chi connectivity index (χ1) is 15.5. The van der Waals surface area contributed by atoms with Crippen molar-refractivity contribution < 1.29 is 40.1 Å². The summed E-state index contributed by atoms with van der Waals surface area (Å²) < 4.78 is 0.757. The predicted molar refractivity (Wildman–Crippen MR) is 145 cm³/mol. The van der Waals surface area contributed by atoms with Gasteiger partial charge in [0.1, 0.15) is 0 Å². The van der Waals surface area contributed by atoms with Crippen LogP contribution < -0.4 is 30.5 Å². The van der Waals surface area contributed by atoms with E-state index in [9.17, 15) is 5.11 Å². The summed E-state index contributed by atoms with van der Waals surface area (Å²) in [6, 6.07) is 0. The van der Waals surface area contributed by atoms with E-state index in [-0.39, 0.29) is 31.0 Å². The molecule has 1 unspecified atom stereocenters. The van der Waals surface area contributed by atoms with Crippen LogP contribution in [0.2, 0.25) is 0 Å². The first-order valence-corrected chi connectivity index (χ1v) is 14.8. The minimum atomic E-state index is -0.196. The first kappa shape index (κ1) is 41.6. The third-order valence-corrected chi connectivity index (χ3v) is 6.86. The van der Waals surface area contributed by atoms with Crippen LogP contribution in [0.25, 0.3) is 0 Å². The number of quaternary nitrogens is 2. The van der Waals surface area contributed by atoms with E-state index in [0.29, 0.717) is 0 Å². The van der Waals surface area contributed by atoms with Gasteiger partial charge >= 0.3 is 0 Å². The maximum absolute atomic E-state index is 9.90. The molecule has 0 aromatic carbocycles. The van der Waals surface area contributed by atoms with Crippen LogP contribution in [-0.2, 0) is 0 Å². The summed E-state index contributed by atoms with van der Waals surface area (Å²) >= 11 is 0. The van der Waals surface area contributed by atoms with Gasteiger partial charge in [-0.15, -0.1) is 0 Å². The number of hydrogen-bond donors (Lipinski definition) is 2. The van der Waals surface area contributed by atoms with Gasteiger partial charge in [0.05, 0.1) is 27.2 Å². The SMILES string of the molecule is CCCCCCCCCCCC[N+](C)(C)C(O)CC.CCCCCCCCCCCC[NH3+].[Cl-].[Cl-]. The molecule has 0 aliphatic heterocycles. The number of halogens is 2. The average molecular weight is 530 g/mol. The van der Waals surface area contributed by atoms with Crippen molar-refractivity contribution in [3.05, 3.63) is 0 Å². The molecule has 0 bridgehead atoms. The molecular formula is C29H66Cl2N2O. The van der Waals surface area contributed by atoms with Gasteiger partial charge in [0, 0.05) is 6.42 Å². The molecule has 5 heteroatoms. The lowest BCUT2D eigenvalue weighted by molar-refractivity contribution is -0.937. The van der Waals surface area contributed by atoms with Crippen LogP contribution in [0.4, 0.5) is 0 Å². The van der Waals surface area contributed by atoms with Crippen molar-refractivity contribution in [2.24, 2.45) is 0 Å². The molecule has 0 aromatic rings. The fraction of sp³-hybridized carbons (Fsp3) is 1.00. The van der Waals surface area contributed by atoms with Crippen molar-refractivity contribution in [2.45, 2.75) is 162 Å². The molecule has 0 saturated heterocycles. The average Bonchev–Trinajstić information content (AvgIpc) is 2.79. The van der Waals surface area contributed by atoms with Crippen molar-refractivity contribution in [1.29, 1.82) is 0 Å². The Morgan fingerprint density at radius 1 is 0.529 bits per heavy atom. The number of rotatable bonds is 23. The lowest BCUT2D eigenvalue weighted by Crippen LogP contribution is -3.00. The zero-order valence-corrected chi connectivity index (χ0v) is 25.7. The maximum Gasteiger partial charge on any atom is 0.189 e. The van der Waals surface area contributed by atoms with E-state index >= 15 is 0 Å². The van der Waals surface area contributed by atoms with Gasteiger partial charge in [0.25, 0.3) is 0 Å². The molecule has 0 aliphatic rings. The van der Waals surface area contributed by atoms with Crippen LogP contribution in [0.5, 0.6) is 0 Å². The molecule has 0 fully saturated rings. The Morgan fingerprint density at radius 3 is 1.12 bits per heavy atom. The minimum Gasteiger partial charge on any atom is -1.00 e. The van der Waals surface area contributed by atoms with Gasteiger partial charge in [-0.2, -0.15) is 0 Å². The number of unbranched alkanes of at least 4 members (excludes halogenated alkanes) is 18. The van der Waals surface area contributed by atoms with Gasteiger partial charge in [-0.05, 0) is 25.7 Å². The molecule has 0 heterocycles. The highest BCUT2D eigenvalue weighted by molar-refractivity contribution is 4.49. The highest BCUT2D eigenvalue weighted by Crippen LogP contribution is 2.14. The molecule has 0 rings (SSSR count). The summed E-state index contributed by atoms with van der Waals surface area (Å²) in [6.45, 7) is 8.83. The zero-order chi connectivity index (χ0) is 24.3. The van der Waals surface area contributed by atoms with Crippen molar-refractivity contribution in [1.82, 2.24) is 0 Å². The Bertz CT molecular complexity index is 334. The van der Waals surface area contributed by atoms with Crippen molar-refractivity contribution >= 4 is 0 Å². The van der Waals surface area contributed by atoms with E-state index < -0.39 is 0 Å².